The Balaban J connectivity index is 1.95. The van der Waals surface area contributed by atoms with E-state index in [-0.39, 0.29) is 5.91 Å². The number of methoxy groups -OCH3 is 1. The summed E-state index contributed by atoms with van der Waals surface area (Å²) < 4.78 is 18.7. The van der Waals surface area contributed by atoms with E-state index < -0.39 is 10.8 Å². The van der Waals surface area contributed by atoms with Crippen molar-refractivity contribution in [2.75, 3.05) is 12.4 Å². The third-order valence-electron chi connectivity index (χ3n) is 4.00. The quantitative estimate of drug-likeness (QED) is 0.872. The van der Waals surface area contributed by atoms with Gasteiger partial charge in [-0.2, -0.15) is 5.10 Å². The minimum absolute atomic E-state index is 0.0352. The first-order valence-electron chi connectivity index (χ1n) is 8.02. The summed E-state index contributed by atoms with van der Waals surface area (Å²) in [6.07, 6.45) is 2.28. The molecule has 7 heteroatoms. The summed E-state index contributed by atoms with van der Waals surface area (Å²) in [5.41, 5.74) is 2.52. The number of hydrogen-bond acceptors (Lipinski definition) is 4. The Morgan fingerprint density at radius 1 is 1.33 bits per heavy atom. The maximum Gasteiger partial charge on any atom is 0.225 e. The summed E-state index contributed by atoms with van der Waals surface area (Å²) in [7, 11) is 0.682. The lowest BCUT2D eigenvalue weighted by molar-refractivity contribution is -0.116. The molecular weight excluding hydrogens is 326 g/mol. The van der Waals surface area contributed by atoms with Gasteiger partial charge in [0.15, 0.2) is 0 Å². The Hall–Kier alpha value is -2.15. The molecular formula is C17H21N3O3S. The highest BCUT2D eigenvalue weighted by Gasteiger charge is 2.28. The summed E-state index contributed by atoms with van der Waals surface area (Å²) >= 11 is 0. The zero-order chi connectivity index (χ0) is 17.1. The van der Waals surface area contributed by atoms with Gasteiger partial charge in [-0.1, -0.05) is 13.3 Å². The number of nitrogens with one attached hydrogen (secondary N) is 1. The standard InChI is InChI=1S/C17H21N3O3S/c1-3-4-5-16(21)18-17-14-10-24(22)11-15(14)19-20(17)12-6-8-13(23-2)9-7-12/h6-9H,3-5,10-11H2,1-2H3,(H,18,21). The van der Waals surface area contributed by atoms with Crippen molar-refractivity contribution in [2.45, 2.75) is 37.7 Å². The molecule has 0 fully saturated rings. The Labute approximate surface area is 143 Å². The fraction of sp³-hybridized carbons (Fsp3) is 0.412. The fourth-order valence-electron chi connectivity index (χ4n) is 2.70. The molecule has 0 radical (unpaired) electrons. The largest absolute Gasteiger partial charge is 0.497 e. The van der Waals surface area contributed by atoms with Gasteiger partial charge in [0.25, 0.3) is 0 Å². The van der Waals surface area contributed by atoms with E-state index in [1.165, 1.54) is 0 Å². The second kappa shape index (κ2) is 7.17. The summed E-state index contributed by atoms with van der Waals surface area (Å²) in [6.45, 7) is 2.05. The maximum atomic E-state index is 12.2. The van der Waals surface area contributed by atoms with Gasteiger partial charge in [-0.15, -0.1) is 0 Å². The molecule has 0 aliphatic carbocycles. The number of hydrogen-bond donors (Lipinski definition) is 1. The first-order chi connectivity index (χ1) is 11.6. The number of anilines is 1. The van der Waals surface area contributed by atoms with Gasteiger partial charge in [-0.3, -0.25) is 9.00 Å². The van der Waals surface area contributed by atoms with Crippen LogP contribution in [-0.4, -0.2) is 27.0 Å². The van der Waals surface area contributed by atoms with Crippen molar-refractivity contribution >= 4 is 22.5 Å². The van der Waals surface area contributed by atoms with Gasteiger partial charge >= 0.3 is 0 Å². The van der Waals surface area contributed by atoms with E-state index in [2.05, 4.69) is 17.3 Å². The molecule has 1 amide bonds. The monoisotopic (exact) mass is 347 g/mol. The van der Waals surface area contributed by atoms with Crippen LogP contribution in [0.1, 0.15) is 37.4 Å². The van der Waals surface area contributed by atoms with Crippen molar-refractivity contribution in [2.24, 2.45) is 0 Å². The molecule has 0 saturated carbocycles. The van der Waals surface area contributed by atoms with Crippen LogP contribution in [0.4, 0.5) is 5.82 Å². The number of ether oxygens (including phenoxy) is 1. The van der Waals surface area contributed by atoms with Gasteiger partial charge in [-0.05, 0) is 30.7 Å². The number of rotatable bonds is 6. The van der Waals surface area contributed by atoms with E-state index in [9.17, 15) is 9.00 Å². The Kier molecular flexibility index (Phi) is 4.99. The Bertz CT molecular complexity index is 768. The van der Waals surface area contributed by atoms with Crippen LogP contribution >= 0.6 is 0 Å². The average Bonchev–Trinajstić information content (AvgIpc) is 3.10. The van der Waals surface area contributed by atoms with Gasteiger partial charge < -0.3 is 10.1 Å². The number of benzene rings is 1. The molecule has 0 saturated heterocycles. The predicted molar refractivity (Wildman–Crippen MR) is 93.8 cm³/mol. The van der Waals surface area contributed by atoms with Crippen molar-refractivity contribution in [3.63, 3.8) is 0 Å². The van der Waals surface area contributed by atoms with Crippen LogP contribution in [-0.2, 0) is 27.1 Å². The minimum Gasteiger partial charge on any atom is -0.497 e. The molecule has 1 aromatic carbocycles. The topological polar surface area (TPSA) is 73.2 Å². The molecule has 0 bridgehead atoms. The van der Waals surface area contributed by atoms with Crippen LogP contribution in [0.2, 0.25) is 0 Å². The average molecular weight is 347 g/mol. The van der Waals surface area contributed by atoms with Crippen LogP contribution in [0.3, 0.4) is 0 Å². The molecule has 1 unspecified atom stereocenters. The van der Waals surface area contributed by atoms with Crippen LogP contribution in [0.25, 0.3) is 5.69 Å². The molecule has 1 N–H and O–H groups in total. The zero-order valence-corrected chi connectivity index (χ0v) is 14.7. The highest BCUT2D eigenvalue weighted by molar-refractivity contribution is 7.83. The van der Waals surface area contributed by atoms with Crippen molar-refractivity contribution < 1.29 is 13.7 Å². The molecule has 6 nitrogen and oxygen atoms in total. The van der Waals surface area contributed by atoms with Crippen LogP contribution in [0.5, 0.6) is 5.75 Å². The van der Waals surface area contributed by atoms with E-state index in [1.54, 1.807) is 11.8 Å². The lowest BCUT2D eigenvalue weighted by atomic mass is 10.2. The number of aromatic nitrogens is 2. The second-order valence-electron chi connectivity index (χ2n) is 5.76. The van der Waals surface area contributed by atoms with Gasteiger partial charge in [-0.25, -0.2) is 4.68 Å². The first-order valence-corrected chi connectivity index (χ1v) is 9.51. The number of carbonyl (C=O) groups is 1. The van der Waals surface area contributed by atoms with Crippen molar-refractivity contribution in [3.05, 3.63) is 35.5 Å². The number of unbranched alkanes of at least 4 members (excludes halogenated alkanes) is 1. The number of fused-ring (bicyclic) bond motifs is 1. The molecule has 2 heterocycles. The SMILES string of the molecule is CCCCC(=O)Nc1c2c(nn1-c1ccc(OC)cc1)CS(=O)C2. The fourth-order valence-corrected chi connectivity index (χ4v) is 3.96. The highest BCUT2D eigenvalue weighted by Crippen LogP contribution is 2.31. The third-order valence-corrected chi connectivity index (χ3v) is 5.21. The molecule has 2 aromatic rings. The molecule has 1 atom stereocenters. The smallest absolute Gasteiger partial charge is 0.225 e. The molecule has 1 aliphatic rings. The summed E-state index contributed by atoms with van der Waals surface area (Å²) in [6, 6.07) is 7.48. The molecule has 128 valence electrons. The summed E-state index contributed by atoms with van der Waals surface area (Å²) in [5.74, 6) is 2.24. The number of carbonyl (C=O) groups excluding carboxylic acids is 1. The van der Waals surface area contributed by atoms with Crippen molar-refractivity contribution in [1.29, 1.82) is 0 Å². The van der Waals surface area contributed by atoms with Crippen LogP contribution < -0.4 is 10.1 Å². The number of nitrogens with zero attached hydrogens (tertiary/aromatic N) is 2. The van der Waals surface area contributed by atoms with E-state index in [1.807, 2.05) is 24.3 Å². The maximum absolute atomic E-state index is 12.2. The van der Waals surface area contributed by atoms with Crippen molar-refractivity contribution in [3.8, 4) is 11.4 Å². The van der Waals surface area contributed by atoms with Gasteiger partial charge in [0.1, 0.15) is 11.6 Å². The van der Waals surface area contributed by atoms with E-state index in [4.69, 9.17) is 4.74 Å². The lowest BCUT2D eigenvalue weighted by Crippen LogP contribution is -2.16. The molecule has 1 aliphatic heterocycles. The van der Waals surface area contributed by atoms with Crippen molar-refractivity contribution in [1.82, 2.24) is 9.78 Å². The van der Waals surface area contributed by atoms with Gasteiger partial charge in [0.2, 0.25) is 5.91 Å². The second-order valence-corrected chi connectivity index (χ2v) is 7.22. The summed E-state index contributed by atoms with van der Waals surface area (Å²) in [4.78, 5) is 12.2. The third kappa shape index (κ3) is 3.36. The minimum atomic E-state index is -0.936. The lowest BCUT2D eigenvalue weighted by Gasteiger charge is -2.11. The van der Waals surface area contributed by atoms with Crippen LogP contribution in [0.15, 0.2) is 24.3 Å². The number of amides is 1. The Morgan fingerprint density at radius 3 is 2.75 bits per heavy atom. The Morgan fingerprint density at radius 2 is 2.08 bits per heavy atom. The summed E-state index contributed by atoms with van der Waals surface area (Å²) in [5, 5.41) is 7.54. The first kappa shape index (κ1) is 16.7. The van der Waals surface area contributed by atoms with E-state index >= 15 is 0 Å². The van der Waals surface area contributed by atoms with Crippen LogP contribution in [0, 0.1) is 0 Å². The highest BCUT2D eigenvalue weighted by atomic mass is 32.2. The molecule has 1 aromatic heterocycles. The zero-order valence-electron chi connectivity index (χ0n) is 13.9. The molecule has 0 spiro atoms. The normalized spacial score (nSPS) is 16.0. The molecule has 24 heavy (non-hydrogen) atoms. The van der Waals surface area contributed by atoms with E-state index in [0.717, 1.165) is 35.5 Å². The van der Waals surface area contributed by atoms with Gasteiger partial charge in [0.05, 0.1) is 30.0 Å². The molecule has 3 rings (SSSR count). The van der Waals surface area contributed by atoms with Gasteiger partial charge in [0, 0.05) is 22.8 Å². The van der Waals surface area contributed by atoms with E-state index in [0.29, 0.717) is 23.7 Å². The predicted octanol–water partition coefficient (Wildman–Crippen LogP) is 2.77.